The highest BCUT2D eigenvalue weighted by Crippen LogP contribution is 2.36. The van der Waals surface area contributed by atoms with E-state index in [4.69, 9.17) is 20.8 Å². The minimum atomic E-state index is -0.389. The van der Waals surface area contributed by atoms with Crippen LogP contribution in [0.15, 0.2) is 65.8 Å². The van der Waals surface area contributed by atoms with Crippen LogP contribution in [0, 0.1) is 0 Å². The van der Waals surface area contributed by atoms with Crippen LogP contribution in [-0.2, 0) is 9.31 Å². The van der Waals surface area contributed by atoms with E-state index in [1.165, 1.54) is 25.7 Å². The number of anilines is 4. The van der Waals surface area contributed by atoms with E-state index in [9.17, 15) is 0 Å². The van der Waals surface area contributed by atoms with Crippen molar-refractivity contribution >= 4 is 52.0 Å². The number of halogens is 1. The van der Waals surface area contributed by atoms with Gasteiger partial charge in [0.25, 0.3) is 0 Å². The molecule has 0 spiro atoms. The van der Waals surface area contributed by atoms with Crippen LogP contribution < -0.4 is 26.7 Å². The van der Waals surface area contributed by atoms with Crippen molar-refractivity contribution in [3.05, 3.63) is 65.8 Å². The molecule has 3 aliphatic rings. The van der Waals surface area contributed by atoms with Gasteiger partial charge >= 0.3 is 7.12 Å². The second-order valence-corrected chi connectivity index (χ2v) is 14.2. The van der Waals surface area contributed by atoms with E-state index in [1.54, 1.807) is 12.1 Å². The van der Waals surface area contributed by atoms with Gasteiger partial charge in [-0.3, -0.25) is 0 Å². The Bertz CT molecular complexity index is 1610. The second-order valence-electron chi connectivity index (χ2n) is 13.4. The van der Waals surface area contributed by atoms with Crippen LogP contribution >= 0.6 is 15.9 Å². The van der Waals surface area contributed by atoms with Gasteiger partial charge < -0.3 is 30.6 Å². The number of nitrogens with zero attached hydrogens (tertiary/aromatic N) is 8. The molecule has 0 bridgehead atoms. The average Bonchev–Trinajstić information content (AvgIpc) is 3.74. The molecule has 7 rings (SSSR count). The molecule has 3 saturated heterocycles. The van der Waals surface area contributed by atoms with Crippen molar-refractivity contribution in [2.24, 2.45) is 0 Å². The van der Waals surface area contributed by atoms with Gasteiger partial charge in [0, 0.05) is 61.0 Å². The summed E-state index contributed by atoms with van der Waals surface area (Å²) in [4.78, 5) is 30.6. The van der Waals surface area contributed by atoms with Gasteiger partial charge in [-0.1, -0.05) is 19.6 Å². The first-order chi connectivity index (χ1) is 22.8. The van der Waals surface area contributed by atoms with Gasteiger partial charge in [-0.2, -0.15) is 0 Å². The third kappa shape index (κ3) is 9.43. The monoisotopic (exact) mass is 732 g/mol. The summed E-state index contributed by atoms with van der Waals surface area (Å²) >= 11 is 3.17. The zero-order valence-corrected chi connectivity index (χ0v) is 30.3. The predicted molar refractivity (Wildman–Crippen MR) is 203 cm³/mol. The Balaban J connectivity index is 0.000000179. The Morgan fingerprint density at radius 1 is 0.735 bits per heavy atom. The van der Waals surface area contributed by atoms with Gasteiger partial charge in [0.15, 0.2) is 0 Å². The number of hydrogen-bond acceptors (Lipinski definition) is 12. The molecule has 3 aliphatic heterocycles. The fourth-order valence-electron chi connectivity index (χ4n) is 5.68. The average molecular weight is 734 g/mol. The molecule has 262 valence electrons. The summed E-state index contributed by atoms with van der Waals surface area (Å²) in [7, 11) is -0.389. The molecule has 7 heterocycles. The van der Waals surface area contributed by atoms with Crippen LogP contribution in [0.4, 0.5) is 23.5 Å². The maximum Gasteiger partial charge on any atom is 0.498 e. The number of aromatic nitrogens is 6. The topological polar surface area (TPSA) is 154 Å². The summed E-state index contributed by atoms with van der Waals surface area (Å²) in [5, 5.41) is 0. The molecule has 4 aromatic heterocycles. The highest BCUT2D eigenvalue weighted by atomic mass is 79.9. The van der Waals surface area contributed by atoms with Crippen molar-refractivity contribution in [1.29, 1.82) is 0 Å². The molecule has 0 amide bonds. The van der Waals surface area contributed by atoms with Gasteiger partial charge in [0.2, 0.25) is 11.9 Å². The molecule has 0 saturated carbocycles. The van der Waals surface area contributed by atoms with Gasteiger partial charge in [-0.25, -0.2) is 29.9 Å². The molecule has 2 atom stereocenters. The zero-order chi connectivity index (χ0) is 34.5. The second kappa shape index (κ2) is 16.2. The molecule has 49 heavy (non-hydrogen) atoms. The van der Waals surface area contributed by atoms with Gasteiger partial charge in [-0.15, -0.1) is 0 Å². The lowest BCUT2D eigenvalue weighted by Crippen LogP contribution is -2.41. The minimum absolute atomic E-state index is 0. The molecule has 12 nitrogen and oxygen atoms in total. The number of rotatable bonds is 4. The maximum absolute atomic E-state index is 6.02. The fourth-order valence-corrected chi connectivity index (χ4v) is 6.04. The van der Waals surface area contributed by atoms with Crippen LogP contribution in [0.25, 0.3) is 11.3 Å². The molecule has 0 aromatic carbocycles. The van der Waals surface area contributed by atoms with Crippen LogP contribution in [-0.4, -0.2) is 73.4 Å². The van der Waals surface area contributed by atoms with Crippen LogP contribution in [0.5, 0.6) is 0 Å². The van der Waals surface area contributed by atoms with Crippen molar-refractivity contribution in [3.63, 3.8) is 0 Å². The van der Waals surface area contributed by atoms with E-state index in [0.29, 0.717) is 23.7 Å². The Labute approximate surface area is 299 Å². The molecular formula is C35H50BBrN10O2. The van der Waals surface area contributed by atoms with Gasteiger partial charge in [0.1, 0.15) is 16.2 Å². The van der Waals surface area contributed by atoms with Crippen molar-refractivity contribution in [3.8, 4) is 11.3 Å². The lowest BCUT2D eigenvalue weighted by Gasteiger charge is -2.32. The van der Waals surface area contributed by atoms with Crippen LogP contribution in [0.1, 0.15) is 74.7 Å². The largest absolute Gasteiger partial charge is 0.498 e. The number of hydrogen-bond donors (Lipinski definition) is 2. The Kier molecular flexibility index (Phi) is 12.6. The fraction of sp³-hybridized carbons (Fsp3) is 0.486. The van der Waals surface area contributed by atoms with E-state index < -0.39 is 0 Å². The van der Waals surface area contributed by atoms with Gasteiger partial charge in [-0.05, 0) is 107 Å². The Morgan fingerprint density at radius 3 is 1.61 bits per heavy atom. The summed E-state index contributed by atoms with van der Waals surface area (Å²) in [6, 6.07) is 12.0. The molecule has 4 N–H and O–H groups in total. The van der Waals surface area contributed by atoms with E-state index in [0.717, 1.165) is 46.3 Å². The Morgan fingerprint density at radius 2 is 1.20 bits per heavy atom. The molecule has 4 aromatic rings. The molecule has 0 radical (unpaired) electrons. The number of nitrogen functional groups attached to an aromatic ring is 2. The lowest BCUT2D eigenvalue weighted by molar-refractivity contribution is 0.00578. The SMILES string of the molecule is C.C[C@H]1CCCN1c1ncc(-c2cccc(N)n2)cn1.C[C@H]1CCCN1c1ncc(B2OC(C)(C)C(C)(C)O2)cn1.Nc1cccc(Br)n1. The smallest absolute Gasteiger partial charge is 0.399 e. The third-order valence-electron chi connectivity index (χ3n) is 9.24. The third-order valence-corrected chi connectivity index (χ3v) is 9.69. The lowest BCUT2D eigenvalue weighted by atomic mass is 9.81. The number of nitrogens with two attached hydrogens (primary N) is 2. The molecule has 0 aliphatic carbocycles. The standard InChI is InChI=1S/C15H24BN3O2.C14H17N5.C5H5BrN2.CH4/c1-11-7-6-8-19(11)13-17-9-12(10-18-13)16-20-14(2,3)15(4,5)21-16;1-10-4-3-7-19(10)14-16-8-11(9-17-14)12-5-2-6-13(15)18-12;6-4-2-1-3-5(7)8-4;/h9-11H,6-8H2,1-5H3;2,5-6,8-10H,3-4,7H2,1H3,(H2,15,18);1-3H,(H2,7,8);1H4/t11-;10-;;/m00../s1. The quantitative estimate of drug-likeness (QED) is 0.189. The minimum Gasteiger partial charge on any atom is -0.399 e. The van der Waals surface area contributed by atoms with Crippen molar-refractivity contribution in [2.45, 2.75) is 97.9 Å². The molecule has 0 unspecified atom stereocenters. The maximum atomic E-state index is 6.02. The number of pyridine rings is 2. The van der Waals surface area contributed by atoms with Crippen LogP contribution in [0.3, 0.4) is 0 Å². The van der Waals surface area contributed by atoms with E-state index in [2.05, 4.69) is 69.5 Å². The summed E-state index contributed by atoms with van der Waals surface area (Å²) in [6.45, 7) is 14.7. The summed E-state index contributed by atoms with van der Waals surface area (Å²) in [5.74, 6) is 2.66. The zero-order valence-electron chi connectivity index (χ0n) is 28.7. The molecular weight excluding hydrogens is 683 g/mol. The predicted octanol–water partition coefficient (Wildman–Crippen LogP) is 5.94. The normalized spacial score (nSPS) is 20.5. The Hall–Kier alpha value is -3.88. The van der Waals surface area contributed by atoms with E-state index in [-0.39, 0.29) is 25.7 Å². The summed E-state index contributed by atoms with van der Waals surface area (Å²) < 4.78 is 12.8. The highest BCUT2D eigenvalue weighted by Gasteiger charge is 2.52. The molecule has 14 heteroatoms. The van der Waals surface area contributed by atoms with Crippen molar-refractivity contribution < 1.29 is 9.31 Å². The highest BCUT2D eigenvalue weighted by molar-refractivity contribution is 9.10. The first kappa shape index (κ1) is 37.9. The first-order valence-electron chi connectivity index (χ1n) is 16.5. The summed E-state index contributed by atoms with van der Waals surface area (Å²) in [5.41, 5.74) is 12.9. The van der Waals surface area contributed by atoms with Crippen molar-refractivity contribution in [2.75, 3.05) is 34.4 Å². The van der Waals surface area contributed by atoms with Gasteiger partial charge in [0.05, 0.1) is 16.9 Å². The summed E-state index contributed by atoms with van der Waals surface area (Å²) in [6.07, 6.45) is 12.1. The van der Waals surface area contributed by atoms with Crippen molar-refractivity contribution in [1.82, 2.24) is 29.9 Å². The van der Waals surface area contributed by atoms with E-state index >= 15 is 0 Å². The first-order valence-corrected chi connectivity index (χ1v) is 17.3. The van der Waals surface area contributed by atoms with E-state index in [1.807, 2.05) is 76.7 Å². The molecule has 3 fully saturated rings. The van der Waals surface area contributed by atoms with Crippen LogP contribution in [0.2, 0.25) is 0 Å².